The van der Waals surface area contributed by atoms with Gasteiger partial charge in [0.25, 0.3) is 0 Å². The van der Waals surface area contributed by atoms with E-state index in [1.807, 2.05) is 18.2 Å². The lowest BCUT2D eigenvalue weighted by atomic mass is 10.1. The van der Waals surface area contributed by atoms with Gasteiger partial charge in [-0.25, -0.2) is 4.79 Å². The van der Waals surface area contributed by atoms with Crippen LogP contribution in [0.4, 0.5) is 5.69 Å². The van der Waals surface area contributed by atoms with Crippen LogP contribution in [0.25, 0.3) is 0 Å². The van der Waals surface area contributed by atoms with Crippen LogP contribution in [-0.4, -0.2) is 17.1 Å². The van der Waals surface area contributed by atoms with Gasteiger partial charge in [-0.05, 0) is 24.5 Å². The minimum absolute atomic E-state index is 0.483. The van der Waals surface area contributed by atoms with Crippen LogP contribution in [0.15, 0.2) is 24.3 Å². The lowest BCUT2D eigenvalue weighted by Gasteiger charge is -2.18. The van der Waals surface area contributed by atoms with Crippen molar-refractivity contribution in [2.75, 3.05) is 5.32 Å². The molecule has 100 valence electrons. The Labute approximate surface area is 109 Å². The molecule has 3 nitrogen and oxygen atoms in total. The van der Waals surface area contributed by atoms with Gasteiger partial charge in [0.1, 0.15) is 6.04 Å². The standard InChI is InChI=1S/C15H23NO2/c1-3-5-10-14(15(17)18)16-13-11-7-6-9-12(13)8-4-2/h6-7,9,11,14,16H,3-5,8,10H2,1-2H3,(H,17,18). The van der Waals surface area contributed by atoms with Crippen molar-refractivity contribution in [3.05, 3.63) is 29.8 Å². The first-order valence-electron chi connectivity index (χ1n) is 6.76. The fourth-order valence-electron chi connectivity index (χ4n) is 2.00. The van der Waals surface area contributed by atoms with Crippen LogP contribution in [-0.2, 0) is 11.2 Å². The van der Waals surface area contributed by atoms with Crippen molar-refractivity contribution < 1.29 is 9.90 Å². The van der Waals surface area contributed by atoms with E-state index in [0.717, 1.165) is 31.4 Å². The summed E-state index contributed by atoms with van der Waals surface area (Å²) >= 11 is 0. The van der Waals surface area contributed by atoms with Crippen molar-refractivity contribution in [1.82, 2.24) is 0 Å². The molecule has 0 fully saturated rings. The predicted molar refractivity (Wildman–Crippen MR) is 75.0 cm³/mol. The normalized spacial score (nSPS) is 12.1. The zero-order valence-electron chi connectivity index (χ0n) is 11.3. The second kappa shape index (κ2) is 7.75. The first kappa shape index (κ1) is 14.6. The van der Waals surface area contributed by atoms with Crippen LogP contribution >= 0.6 is 0 Å². The molecular weight excluding hydrogens is 226 g/mol. The minimum Gasteiger partial charge on any atom is -0.480 e. The number of nitrogens with one attached hydrogen (secondary N) is 1. The summed E-state index contributed by atoms with van der Waals surface area (Å²) in [6.07, 6.45) is 4.66. The molecule has 1 aromatic carbocycles. The Hall–Kier alpha value is -1.51. The Kier molecular flexibility index (Phi) is 6.26. The molecule has 0 radical (unpaired) electrons. The monoisotopic (exact) mass is 249 g/mol. The van der Waals surface area contributed by atoms with Crippen LogP contribution in [0, 0.1) is 0 Å². The third-order valence-corrected chi connectivity index (χ3v) is 3.01. The molecule has 1 unspecified atom stereocenters. The van der Waals surface area contributed by atoms with E-state index < -0.39 is 12.0 Å². The van der Waals surface area contributed by atoms with Crippen LogP contribution in [0.3, 0.4) is 0 Å². The Bertz CT molecular complexity index is 377. The number of benzene rings is 1. The van der Waals surface area contributed by atoms with Crippen LogP contribution in [0.1, 0.15) is 45.1 Å². The van der Waals surface area contributed by atoms with Gasteiger partial charge in [-0.1, -0.05) is 51.3 Å². The van der Waals surface area contributed by atoms with Crippen LogP contribution in [0.5, 0.6) is 0 Å². The van der Waals surface area contributed by atoms with Gasteiger partial charge in [0.05, 0.1) is 0 Å². The molecule has 0 saturated heterocycles. The van der Waals surface area contributed by atoms with Gasteiger partial charge in [0.15, 0.2) is 0 Å². The highest BCUT2D eigenvalue weighted by Gasteiger charge is 2.17. The summed E-state index contributed by atoms with van der Waals surface area (Å²) in [4.78, 5) is 11.2. The number of aryl methyl sites for hydroxylation is 1. The van der Waals surface area contributed by atoms with Gasteiger partial charge in [-0.3, -0.25) is 0 Å². The molecule has 1 atom stereocenters. The number of carbonyl (C=O) groups is 1. The van der Waals surface area contributed by atoms with Crippen molar-refractivity contribution in [3.63, 3.8) is 0 Å². The molecule has 0 bridgehead atoms. The van der Waals surface area contributed by atoms with Crippen molar-refractivity contribution in [2.45, 2.75) is 52.0 Å². The number of hydrogen-bond acceptors (Lipinski definition) is 2. The van der Waals surface area contributed by atoms with E-state index in [9.17, 15) is 9.90 Å². The highest BCUT2D eigenvalue weighted by molar-refractivity contribution is 5.77. The molecule has 0 aliphatic heterocycles. The lowest BCUT2D eigenvalue weighted by Crippen LogP contribution is -2.29. The minimum atomic E-state index is -0.769. The van der Waals surface area contributed by atoms with E-state index in [-0.39, 0.29) is 0 Å². The quantitative estimate of drug-likeness (QED) is 0.738. The number of anilines is 1. The Morgan fingerprint density at radius 3 is 2.61 bits per heavy atom. The van der Waals surface area contributed by atoms with E-state index >= 15 is 0 Å². The summed E-state index contributed by atoms with van der Waals surface area (Å²) in [5.41, 5.74) is 2.16. The maximum Gasteiger partial charge on any atom is 0.326 e. The molecule has 0 spiro atoms. The molecule has 0 aliphatic carbocycles. The van der Waals surface area contributed by atoms with E-state index in [1.54, 1.807) is 0 Å². The number of carboxylic acids is 1. The summed E-state index contributed by atoms with van der Waals surface area (Å²) in [5.74, 6) is -0.769. The number of hydrogen-bond donors (Lipinski definition) is 2. The third kappa shape index (κ3) is 4.40. The number of carboxylic acid groups (broad SMARTS) is 1. The fraction of sp³-hybridized carbons (Fsp3) is 0.533. The Morgan fingerprint density at radius 1 is 1.28 bits per heavy atom. The second-order valence-corrected chi connectivity index (χ2v) is 4.58. The molecule has 2 N–H and O–H groups in total. The van der Waals surface area contributed by atoms with Crippen LogP contribution in [0.2, 0.25) is 0 Å². The summed E-state index contributed by atoms with van der Waals surface area (Å²) in [6.45, 7) is 4.20. The number of rotatable bonds is 8. The molecular formula is C15H23NO2. The predicted octanol–water partition coefficient (Wildman–Crippen LogP) is 3.69. The molecule has 0 heterocycles. The molecule has 0 amide bonds. The molecule has 0 aromatic heterocycles. The molecule has 3 heteroatoms. The fourth-order valence-corrected chi connectivity index (χ4v) is 2.00. The lowest BCUT2D eigenvalue weighted by molar-refractivity contribution is -0.138. The maximum atomic E-state index is 11.2. The molecule has 18 heavy (non-hydrogen) atoms. The van der Waals surface area contributed by atoms with Gasteiger partial charge < -0.3 is 10.4 Å². The Morgan fingerprint density at radius 2 is 2.00 bits per heavy atom. The average Bonchev–Trinajstić information content (AvgIpc) is 2.36. The average molecular weight is 249 g/mol. The van der Waals surface area contributed by atoms with E-state index in [4.69, 9.17) is 0 Å². The zero-order chi connectivity index (χ0) is 13.4. The smallest absolute Gasteiger partial charge is 0.326 e. The first-order valence-corrected chi connectivity index (χ1v) is 6.76. The van der Waals surface area contributed by atoms with Crippen molar-refractivity contribution in [3.8, 4) is 0 Å². The van der Waals surface area contributed by atoms with Gasteiger partial charge >= 0.3 is 5.97 Å². The summed E-state index contributed by atoms with van der Waals surface area (Å²) in [5, 5.41) is 12.4. The molecule has 0 saturated carbocycles. The highest BCUT2D eigenvalue weighted by atomic mass is 16.4. The van der Waals surface area contributed by atoms with Gasteiger partial charge in [-0.2, -0.15) is 0 Å². The zero-order valence-corrected chi connectivity index (χ0v) is 11.3. The number of para-hydroxylation sites is 1. The summed E-state index contributed by atoms with van der Waals surface area (Å²) in [7, 11) is 0. The van der Waals surface area contributed by atoms with Gasteiger partial charge in [0.2, 0.25) is 0 Å². The molecule has 1 rings (SSSR count). The largest absolute Gasteiger partial charge is 0.480 e. The summed E-state index contributed by atoms with van der Waals surface area (Å²) in [6, 6.07) is 7.48. The first-order chi connectivity index (χ1) is 8.69. The number of unbranched alkanes of at least 4 members (excludes halogenated alkanes) is 1. The molecule has 1 aromatic rings. The van der Waals surface area contributed by atoms with Crippen LogP contribution < -0.4 is 5.32 Å². The van der Waals surface area contributed by atoms with E-state index in [2.05, 4.69) is 25.2 Å². The second-order valence-electron chi connectivity index (χ2n) is 4.58. The van der Waals surface area contributed by atoms with Gasteiger partial charge in [0, 0.05) is 5.69 Å². The molecule has 0 aliphatic rings. The third-order valence-electron chi connectivity index (χ3n) is 3.01. The van der Waals surface area contributed by atoms with Crippen molar-refractivity contribution >= 4 is 11.7 Å². The van der Waals surface area contributed by atoms with E-state index in [1.165, 1.54) is 5.56 Å². The van der Waals surface area contributed by atoms with Crippen molar-refractivity contribution in [2.24, 2.45) is 0 Å². The topological polar surface area (TPSA) is 49.3 Å². The number of aliphatic carboxylic acids is 1. The summed E-state index contributed by atoms with van der Waals surface area (Å²) < 4.78 is 0. The Balaban J connectivity index is 2.76. The van der Waals surface area contributed by atoms with Gasteiger partial charge in [-0.15, -0.1) is 0 Å². The van der Waals surface area contributed by atoms with E-state index in [0.29, 0.717) is 6.42 Å². The SMILES string of the molecule is CCCCC(Nc1ccccc1CCC)C(=O)O. The highest BCUT2D eigenvalue weighted by Crippen LogP contribution is 2.19. The van der Waals surface area contributed by atoms with Crippen molar-refractivity contribution in [1.29, 1.82) is 0 Å². The maximum absolute atomic E-state index is 11.2.